The second-order valence-electron chi connectivity index (χ2n) is 5.20. The first-order valence-corrected chi connectivity index (χ1v) is 6.98. The molecule has 0 spiro atoms. The third kappa shape index (κ3) is 2.52. The van der Waals surface area contributed by atoms with Gasteiger partial charge in [-0.15, -0.1) is 0 Å². The van der Waals surface area contributed by atoms with Gasteiger partial charge in [0.1, 0.15) is 0 Å². The summed E-state index contributed by atoms with van der Waals surface area (Å²) in [6.07, 6.45) is 2.76. The molecule has 1 atom stereocenters. The van der Waals surface area contributed by atoms with Crippen LogP contribution in [0.25, 0.3) is 0 Å². The van der Waals surface area contributed by atoms with Crippen LogP contribution in [0.15, 0.2) is 41.6 Å². The zero-order valence-corrected chi connectivity index (χ0v) is 12.2. The van der Waals surface area contributed by atoms with Gasteiger partial charge < -0.3 is 0 Å². The fourth-order valence-electron chi connectivity index (χ4n) is 2.68. The Bertz CT molecular complexity index is 708. The van der Waals surface area contributed by atoms with E-state index in [9.17, 15) is 5.26 Å². The van der Waals surface area contributed by atoms with Crippen molar-refractivity contribution in [3.8, 4) is 6.07 Å². The van der Waals surface area contributed by atoms with Gasteiger partial charge in [-0.1, -0.05) is 30.3 Å². The standard InChI is InChI=1S/C16H17N5/c1-12-14(11-20(2)18-12)16(10-17)21-9-8-15(19-21)13-6-4-3-5-7-13/h3-7,11,16H,8-9H2,1-2H3. The molecule has 0 bridgehead atoms. The van der Waals surface area contributed by atoms with E-state index in [4.69, 9.17) is 0 Å². The van der Waals surface area contributed by atoms with Crippen LogP contribution in [0.2, 0.25) is 0 Å². The smallest absolute Gasteiger partial charge is 0.161 e. The molecule has 1 unspecified atom stereocenters. The first-order chi connectivity index (χ1) is 10.2. The van der Waals surface area contributed by atoms with E-state index < -0.39 is 0 Å². The fourth-order valence-corrected chi connectivity index (χ4v) is 2.68. The Labute approximate surface area is 124 Å². The zero-order valence-electron chi connectivity index (χ0n) is 12.2. The Morgan fingerprint density at radius 3 is 2.67 bits per heavy atom. The maximum absolute atomic E-state index is 9.53. The van der Waals surface area contributed by atoms with Gasteiger partial charge in [-0.2, -0.15) is 15.5 Å². The molecule has 1 aliphatic heterocycles. The van der Waals surface area contributed by atoms with Crippen molar-refractivity contribution in [1.29, 1.82) is 5.26 Å². The summed E-state index contributed by atoms with van der Waals surface area (Å²) >= 11 is 0. The minimum Gasteiger partial charge on any atom is -0.275 e. The third-order valence-electron chi connectivity index (χ3n) is 3.70. The topological polar surface area (TPSA) is 57.2 Å². The van der Waals surface area contributed by atoms with E-state index in [0.29, 0.717) is 0 Å². The normalized spacial score (nSPS) is 15.7. The molecule has 3 rings (SSSR count). The minimum atomic E-state index is -0.375. The molecule has 5 nitrogen and oxygen atoms in total. The second kappa shape index (κ2) is 5.41. The molecule has 5 heteroatoms. The number of nitrogens with zero attached hydrogens (tertiary/aromatic N) is 5. The highest BCUT2D eigenvalue weighted by atomic mass is 15.5. The van der Waals surface area contributed by atoms with Crippen molar-refractivity contribution in [2.45, 2.75) is 19.4 Å². The number of nitriles is 1. The molecule has 1 aromatic carbocycles. The Hall–Kier alpha value is -2.61. The van der Waals surface area contributed by atoms with Crippen molar-refractivity contribution in [3.63, 3.8) is 0 Å². The molecule has 0 radical (unpaired) electrons. The monoisotopic (exact) mass is 279 g/mol. The average molecular weight is 279 g/mol. The lowest BCUT2D eigenvalue weighted by Crippen LogP contribution is -2.20. The molecule has 0 fully saturated rings. The van der Waals surface area contributed by atoms with Gasteiger partial charge in [-0.05, 0) is 12.5 Å². The van der Waals surface area contributed by atoms with Crippen molar-refractivity contribution in [2.75, 3.05) is 6.54 Å². The number of rotatable bonds is 3. The summed E-state index contributed by atoms with van der Waals surface area (Å²) in [5.41, 5.74) is 3.97. The Morgan fingerprint density at radius 2 is 2.05 bits per heavy atom. The highest BCUT2D eigenvalue weighted by Crippen LogP contribution is 2.27. The van der Waals surface area contributed by atoms with Crippen molar-refractivity contribution in [2.24, 2.45) is 12.1 Å². The van der Waals surface area contributed by atoms with Gasteiger partial charge in [0.2, 0.25) is 0 Å². The molecule has 0 amide bonds. The predicted molar refractivity (Wildman–Crippen MR) is 80.6 cm³/mol. The Kier molecular flexibility index (Phi) is 3.44. The van der Waals surface area contributed by atoms with Gasteiger partial charge >= 0.3 is 0 Å². The van der Waals surface area contributed by atoms with Crippen molar-refractivity contribution in [3.05, 3.63) is 53.3 Å². The number of aryl methyl sites for hydroxylation is 2. The van der Waals surface area contributed by atoms with Gasteiger partial charge in [-0.25, -0.2) is 0 Å². The molecular formula is C16H17N5. The van der Waals surface area contributed by atoms with Gasteiger partial charge in [0, 0.05) is 31.8 Å². The van der Waals surface area contributed by atoms with Crippen LogP contribution in [0.1, 0.15) is 29.3 Å². The lowest BCUT2D eigenvalue weighted by Gasteiger charge is -2.19. The van der Waals surface area contributed by atoms with E-state index in [-0.39, 0.29) is 6.04 Å². The van der Waals surface area contributed by atoms with Crippen LogP contribution < -0.4 is 0 Å². The lowest BCUT2D eigenvalue weighted by molar-refractivity contribution is 0.274. The predicted octanol–water partition coefficient (Wildman–Crippen LogP) is 2.40. The molecular weight excluding hydrogens is 262 g/mol. The van der Waals surface area contributed by atoms with Crippen LogP contribution >= 0.6 is 0 Å². The summed E-state index contributed by atoms with van der Waals surface area (Å²) < 4.78 is 1.74. The van der Waals surface area contributed by atoms with Gasteiger partial charge in [0.15, 0.2) is 6.04 Å². The van der Waals surface area contributed by atoms with Crippen LogP contribution in [0.3, 0.4) is 0 Å². The SMILES string of the molecule is Cc1nn(C)cc1C(C#N)N1CCC(c2ccccc2)=N1. The molecule has 21 heavy (non-hydrogen) atoms. The highest BCUT2D eigenvalue weighted by Gasteiger charge is 2.27. The summed E-state index contributed by atoms with van der Waals surface area (Å²) in [6.45, 7) is 2.69. The molecule has 2 heterocycles. The number of aromatic nitrogens is 2. The largest absolute Gasteiger partial charge is 0.275 e. The first-order valence-electron chi connectivity index (χ1n) is 6.98. The molecule has 0 N–H and O–H groups in total. The zero-order chi connectivity index (χ0) is 14.8. The quantitative estimate of drug-likeness (QED) is 0.867. The van der Waals surface area contributed by atoms with Crippen LogP contribution in [0.4, 0.5) is 0 Å². The lowest BCUT2D eigenvalue weighted by atomic mass is 10.1. The van der Waals surface area contributed by atoms with Crippen molar-refractivity contribution >= 4 is 5.71 Å². The molecule has 106 valence electrons. The van der Waals surface area contributed by atoms with E-state index in [0.717, 1.165) is 35.5 Å². The highest BCUT2D eigenvalue weighted by molar-refractivity contribution is 6.01. The van der Waals surface area contributed by atoms with Crippen LogP contribution in [0.5, 0.6) is 0 Å². The molecule has 0 aliphatic carbocycles. The summed E-state index contributed by atoms with van der Waals surface area (Å²) in [6, 6.07) is 12.1. The maximum atomic E-state index is 9.53. The summed E-state index contributed by atoms with van der Waals surface area (Å²) in [4.78, 5) is 0. The Morgan fingerprint density at radius 1 is 1.29 bits per heavy atom. The van der Waals surface area contributed by atoms with E-state index in [1.807, 2.05) is 43.4 Å². The second-order valence-corrected chi connectivity index (χ2v) is 5.20. The number of hydrogen-bond acceptors (Lipinski definition) is 4. The van der Waals surface area contributed by atoms with Gasteiger partial charge in [-0.3, -0.25) is 9.69 Å². The van der Waals surface area contributed by atoms with E-state index in [1.54, 1.807) is 4.68 Å². The molecule has 1 aromatic heterocycles. The van der Waals surface area contributed by atoms with Crippen molar-refractivity contribution in [1.82, 2.24) is 14.8 Å². The van der Waals surface area contributed by atoms with E-state index in [2.05, 4.69) is 28.4 Å². The third-order valence-corrected chi connectivity index (χ3v) is 3.70. The van der Waals surface area contributed by atoms with Gasteiger partial charge in [0.05, 0.1) is 17.5 Å². The number of benzene rings is 1. The van der Waals surface area contributed by atoms with Crippen LogP contribution in [0, 0.1) is 18.3 Å². The van der Waals surface area contributed by atoms with E-state index >= 15 is 0 Å². The van der Waals surface area contributed by atoms with Crippen molar-refractivity contribution < 1.29 is 0 Å². The molecule has 0 saturated carbocycles. The van der Waals surface area contributed by atoms with Gasteiger partial charge in [0.25, 0.3) is 0 Å². The summed E-state index contributed by atoms with van der Waals surface area (Å²) in [7, 11) is 1.87. The Balaban J connectivity index is 1.89. The van der Waals surface area contributed by atoms with E-state index in [1.165, 1.54) is 0 Å². The molecule has 0 saturated heterocycles. The van der Waals surface area contributed by atoms with Crippen LogP contribution in [-0.2, 0) is 7.05 Å². The maximum Gasteiger partial charge on any atom is 0.161 e. The minimum absolute atomic E-state index is 0.375. The fraction of sp³-hybridized carbons (Fsp3) is 0.312. The molecule has 2 aromatic rings. The summed E-state index contributed by atoms with van der Waals surface area (Å²) in [5.74, 6) is 0. The number of hydrazone groups is 1. The average Bonchev–Trinajstić information content (AvgIpc) is 3.09. The molecule has 1 aliphatic rings. The first kappa shape index (κ1) is 13.4. The van der Waals surface area contributed by atoms with Crippen LogP contribution in [-0.4, -0.2) is 27.0 Å². The number of hydrogen-bond donors (Lipinski definition) is 0. The summed E-state index contributed by atoms with van der Waals surface area (Å²) in [5, 5.41) is 20.4.